The maximum Gasteiger partial charge on any atom is 0.216 e. The van der Waals surface area contributed by atoms with E-state index in [9.17, 15) is 8.42 Å². The van der Waals surface area contributed by atoms with Crippen molar-refractivity contribution < 1.29 is 13.2 Å². The van der Waals surface area contributed by atoms with E-state index in [-0.39, 0.29) is 12.4 Å². The third-order valence-corrected chi connectivity index (χ3v) is 6.32. The zero-order chi connectivity index (χ0) is 13.7. The van der Waals surface area contributed by atoms with Gasteiger partial charge in [-0.25, -0.2) is 12.7 Å². The van der Waals surface area contributed by atoms with Gasteiger partial charge >= 0.3 is 0 Å². The molecule has 0 aromatic carbocycles. The summed E-state index contributed by atoms with van der Waals surface area (Å²) < 4.78 is 30.5. The number of piperidine rings is 1. The lowest BCUT2D eigenvalue weighted by molar-refractivity contribution is 0.213. The van der Waals surface area contributed by atoms with Crippen LogP contribution in [-0.2, 0) is 21.2 Å². The number of thiophene rings is 1. The molecule has 0 bridgehead atoms. The third kappa shape index (κ3) is 4.27. The van der Waals surface area contributed by atoms with Crippen LogP contribution in [0.3, 0.4) is 0 Å². The molecule has 0 radical (unpaired) electrons. The minimum Gasteiger partial charge on any atom is -0.384 e. The summed E-state index contributed by atoms with van der Waals surface area (Å²) in [6, 6.07) is 4.23. The summed E-state index contributed by atoms with van der Waals surface area (Å²) in [5.74, 6) is 0.714. The van der Waals surface area contributed by atoms with Gasteiger partial charge in [0.1, 0.15) is 0 Å². The first-order chi connectivity index (χ1) is 9.12. The molecule has 2 heterocycles. The second-order valence-corrected chi connectivity index (χ2v) is 8.06. The first-order valence-corrected chi connectivity index (χ1v) is 9.10. The van der Waals surface area contributed by atoms with Gasteiger partial charge in [0.15, 0.2) is 0 Å². The molecule has 1 aliphatic rings. The summed E-state index contributed by atoms with van der Waals surface area (Å²) >= 11 is 1.79. The molecule has 1 saturated heterocycles. The number of methoxy groups -OCH3 is 1. The van der Waals surface area contributed by atoms with Crippen molar-refractivity contribution in [2.24, 2.45) is 5.92 Å². The fraction of sp³-hybridized carbons (Fsp3) is 0.692. The molecule has 1 aromatic rings. The summed E-state index contributed by atoms with van der Waals surface area (Å²) in [6.45, 7) is 1.58. The molecule has 0 spiro atoms. The highest BCUT2D eigenvalue weighted by atomic mass is 32.2. The van der Waals surface area contributed by atoms with Crippen molar-refractivity contribution in [2.75, 3.05) is 32.6 Å². The van der Waals surface area contributed by atoms with Gasteiger partial charge in [-0.1, -0.05) is 6.07 Å². The minimum atomic E-state index is -3.12. The van der Waals surface area contributed by atoms with Crippen LogP contribution in [-0.4, -0.2) is 45.3 Å². The molecule has 0 aliphatic carbocycles. The fourth-order valence-corrected chi connectivity index (χ4v) is 4.65. The molecule has 0 saturated carbocycles. The van der Waals surface area contributed by atoms with Crippen LogP contribution < -0.4 is 0 Å². The summed E-state index contributed by atoms with van der Waals surface area (Å²) in [4.78, 5) is 1.40. The summed E-state index contributed by atoms with van der Waals surface area (Å²) in [6.07, 6.45) is 3.01. The van der Waals surface area contributed by atoms with Gasteiger partial charge < -0.3 is 4.74 Å². The maximum atomic E-state index is 12.0. The molecule has 1 aliphatic heterocycles. The zero-order valence-electron chi connectivity index (χ0n) is 11.2. The van der Waals surface area contributed by atoms with Crippen LogP contribution >= 0.6 is 11.3 Å². The normalized spacial score (nSPS) is 18.8. The SMILES string of the molecule is COCCS(=O)(=O)N1CCC(Cc2cccs2)CC1. The second-order valence-electron chi connectivity index (χ2n) is 4.93. The third-order valence-electron chi connectivity index (χ3n) is 3.58. The molecule has 19 heavy (non-hydrogen) atoms. The van der Waals surface area contributed by atoms with Crippen molar-refractivity contribution in [1.82, 2.24) is 4.31 Å². The van der Waals surface area contributed by atoms with E-state index in [2.05, 4.69) is 17.5 Å². The summed E-state index contributed by atoms with van der Waals surface area (Å²) in [7, 11) is -1.59. The van der Waals surface area contributed by atoms with Crippen LogP contribution in [0.4, 0.5) is 0 Å². The Morgan fingerprint density at radius 2 is 2.16 bits per heavy atom. The molecule has 6 heteroatoms. The van der Waals surface area contributed by atoms with Crippen molar-refractivity contribution in [2.45, 2.75) is 19.3 Å². The number of hydrogen-bond acceptors (Lipinski definition) is 4. The number of sulfonamides is 1. The van der Waals surface area contributed by atoms with Gasteiger partial charge in [0.25, 0.3) is 0 Å². The highest BCUT2D eigenvalue weighted by Crippen LogP contribution is 2.25. The van der Waals surface area contributed by atoms with Crippen molar-refractivity contribution in [1.29, 1.82) is 0 Å². The van der Waals surface area contributed by atoms with Gasteiger partial charge in [-0.05, 0) is 36.6 Å². The average molecular weight is 303 g/mol. The lowest BCUT2D eigenvalue weighted by Crippen LogP contribution is -2.40. The van der Waals surface area contributed by atoms with Gasteiger partial charge in [0.2, 0.25) is 10.0 Å². The van der Waals surface area contributed by atoms with Gasteiger partial charge in [0.05, 0.1) is 12.4 Å². The monoisotopic (exact) mass is 303 g/mol. The van der Waals surface area contributed by atoms with Gasteiger partial charge in [0, 0.05) is 25.1 Å². The molecule has 1 aromatic heterocycles. The first kappa shape index (κ1) is 15.0. The minimum absolute atomic E-state index is 0.0963. The van der Waals surface area contributed by atoms with Crippen LogP contribution in [0.25, 0.3) is 0 Å². The van der Waals surface area contributed by atoms with Crippen molar-refractivity contribution in [3.63, 3.8) is 0 Å². The first-order valence-electron chi connectivity index (χ1n) is 6.61. The van der Waals surface area contributed by atoms with Crippen LogP contribution in [0.15, 0.2) is 17.5 Å². The molecule has 0 atom stereocenters. The van der Waals surface area contributed by atoms with E-state index < -0.39 is 10.0 Å². The Kier molecular flexibility index (Phi) is 5.38. The Morgan fingerprint density at radius 3 is 2.74 bits per heavy atom. The molecular formula is C13H21NO3S2. The van der Waals surface area contributed by atoms with Gasteiger partial charge in [-0.3, -0.25) is 0 Å². The van der Waals surface area contributed by atoms with Crippen LogP contribution in [0.5, 0.6) is 0 Å². The topological polar surface area (TPSA) is 46.6 Å². The van der Waals surface area contributed by atoms with Crippen molar-refractivity contribution in [3.05, 3.63) is 22.4 Å². The molecular weight excluding hydrogens is 282 g/mol. The van der Waals surface area contributed by atoms with Crippen LogP contribution in [0.1, 0.15) is 17.7 Å². The van der Waals surface area contributed by atoms with E-state index in [0.29, 0.717) is 19.0 Å². The number of nitrogens with zero attached hydrogens (tertiary/aromatic N) is 1. The highest BCUT2D eigenvalue weighted by Gasteiger charge is 2.27. The number of hydrogen-bond donors (Lipinski definition) is 0. The van der Waals surface area contributed by atoms with Crippen LogP contribution in [0, 0.1) is 5.92 Å². The quantitative estimate of drug-likeness (QED) is 0.807. The largest absolute Gasteiger partial charge is 0.384 e. The molecule has 0 N–H and O–H groups in total. The van der Waals surface area contributed by atoms with E-state index in [1.165, 1.54) is 12.0 Å². The number of rotatable bonds is 6. The van der Waals surface area contributed by atoms with E-state index in [1.54, 1.807) is 15.6 Å². The summed E-state index contributed by atoms with van der Waals surface area (Å²) in [5, 5.41) is 2.10. The molecule has 0 unspecified atom stereocenters. The maximum absolute atomic E-state index is 12.0. The summed E-state index contributed by atoms with van der Waals surface area (Å²) in [5.41, 5.74) is 0. The van der Waals surface area contributed by atoms with Gasteiger partial charge in [-0.2, -0.15) is 0 Å². The standard InChI is InChI=1S/C13H21NO3S2/c1-17-8-10-19(15,16)14-6-4-12(5-7-14)11-13-3-2-9-18-13/h2-3,9,12H,4-8,10-11H2,1H3. The van der Waals surface area contributed by atoms with E-state index >= 15 is 0 Å². The van der Waals surface area contributed by atoms with Crippen molar-refractivity contribution in [3.8, 4) is 0 Å². The lowest BCUT2D eigenvalue weighted by atomic mass is 9.94. The van der Waals surface area contributed by atoms with Crippen LogP contribution in [0.2, 0.25) is 0 Å². The predicted molar refractivity (Wildman–Crippen MR) is 78.0 cm³/mol. The lowest BCUT2D eigenvalue weighted by Gasteiger charge is -2.31. The fourth-order valence-electron chi connectivity index (χ4n) is 2.42. The molecule has 0 amide bonds. The second kappa shape index (κ2) is 6.83. The Morgan fingerprint density at radius 1 is 1.42 bits per heavy atom. The smallest absolute Gasteiger partial charge is 0.216 e. The molecule has 2 rings (SSSR count). The highest BCUT2D eigenvalue weighted by molar-refractivity contribution is 7.89. The Labute approximate surface area is 119 Å². The molecule has 108 valence electrons. The van der Waals surface area contributed by atoms with E-state index in [0.717, 1.165) is 19.3 Å². The zero-order valence-corrected chi connectivity index (χ0v) is 12.9. The Hall–Kier alpha value is -0.430. The van der Waals surface area contributed by atoms with E-state index in [1.807, 2.05) is 0 Å². The average Bonchev–Trinajstić information content (AvgIpc) is 2.90. The predicted octanol–water partition coefficient (Wildman–Crippen LogP) is 1.98. The van der Waals surface area contributed by atoms with Gasteiger partial charge in [-0.15, -0.1) is 11.3 Å². The van der Waals surface area contributed by atoms with E-state index in [4.69, 9.17) is 4.74 Å². The molecule has 1 fully saturated rings. The Balaban J connectivity index is 1.82. The molecule has 4 nitrogen and oxygen atoms in total. The van der Waals surface area contributed by atoms with Crippen molar-refractivity contribution >= 4 is 21.4 Å². The number of ether oxygens (including phenoxy) is 1. The Bertz CT molecular complexity index is 462.